The molecular weight excluding hydrogens is 274 g/mol. The molecule has 1 aromatic heterocycles. The summed E-state index contributed by atoms with van der Waals surface area (Å²) in [5.74, 6) is 2.62. The molecule has 3 atom stereocenters. The Morgan fingerprint density at radius 2 is 2.26 bits per heavy atom. The summed E-state index contributed by atoms with van der Waals surface area (Å²) in [4.78, 5) is 0. The standard InChI is InChI=1S/C14H25N3S2/c1-4-13-14(19-8-7-18-13)12(15-2)6-5-11-9-16-17(3)10-11/h9-10,12-15H,4-8H2,1-3H3. The first-order valence-corrected chi connectivity index (χ1v) is 9.22. The van der Waals surface area contributed by atoms with E-state index in [1.54, 1.807) is 0 Å². The van der Waals surface area contributed by atoms with Crippen LogP contribution in [0.2, 0.25) is 0 Å². The summed E-state index contributed by atoms with van der Waals surface area (Å²) < 4.78 is 1.89. The van der Waals surface area contributed by atoms with E-state index in [4.69, 9.17) is 0 Å². The Bertz CT molecular complexity index is 381. The first-order chi connectivity index (χ1) is 9.24. The van der Waals surface area contributed by atoms with Gasteiger partial charge in [0.05, 0.1) is 6.20 Å². The molecule has 0 saturated carbocycles. The Hall–Kier alpha value is -0.130. The van der Waals surface area contributed by atoms with Crippen LogP contribution in [0.15, 0.2) is 12.4 Å². The van der Waals surface area contributed by atoms with Gasteiger partial charge in [-0.1, -0.05) is 6.92 Å². The molecule has 1 fully saturated rings. The van der Waals surface area contributed by atoms with Crippen LogP contribution >= 0.6 is 23.5 Å². The number of nitrogens with zero attached hydrogens (tertiary/aromatic N) is 2. The highest BCUT2D eigenvalue weighted by molar-refractivity contribution is 8.07. The van der Waals surface area contributed by atoms with Crippen molar-refractivity contribution in [2.24, 2.45) is 7.05 Å². The van der Waals surface area contributed by atoms with Gasteiger partial charge >= 0.3 is 0 Å². The van der Waals surface area contributed by atoms with Crippen LogP contribution in [0, 0.1) is 0 Å². The Morgan fingerprint density at radius 1 is 1.47 bits per heavy atom. The monoisotopic (exact) mass is 299 g/mol. The molecule has 2 rings (SSSR count). The van der Waals surface area contributed by atoms with E-state index in [1.165, 1.54) is 29.9 Å². The van der Waals surface area contributed by atoms with Gasteiger partial charge in [-0.2, -0.15) is 28.6 Å². The van der Waals surface area contributed by atoms with Gasteiger partial charge in [-0.25, -0.2) is 0 Å². The lowest BCUT2D eigenvalue weighted by Gasteiger charge is -2.35. The summed E-state index contributed by atoms with van der Waals surface area (Å²) in [6.45, 7) is 2.32. The molecule has 1 saturated heterocycles. The van der Waals surface area contributed by atoms with E-state index in [1.807, 2.05) is 17.9 Å². The summed E-state index contributed by atoms with van der Waals surface area (Å²) in [7, 11) is 4.10. The van der Waals surface area contributed by atoms with Crippen molar-refractivity contribution >= 4 is 23.5 Å². The number of thioether (sulfide) groups is 2. The first-order valence-electron chi connectivity index (χ1n) is 7.12. The molecule has 5 heteroatoms. The van der Waals surface area contributed by atoms with Gasteiger partial charge in [0.1, 0.15) is 0 Å². The molecular formula is C14H25N3S2. The molecule has 1 aliphatic heterocycles. The minimum Gasteiger partial charge on any atom is -0.316 e. The molecule has 0 spiro atoms. The quantitative estimate of drug-likeness (QED) is 0.874. The Labute approximate surface area is 125 Å². The van der Waals surface area contributed by atoms with Gasteiger partial charge in [-0.05, 0) is 31.9 Å². The Balaban J connectivity index is 1.91. The van der Waals surface area contributed by atoms with E-state index in [2.05, 4.69) is 54.1 Å². The van der Waals surface area contributed by atoms with Crippen molar-refractivity contribution in [1.29, 1.82) is 0 Å². The third-order valence-electron chi connectivity index (χ3n) is 3.76. The van der Waals surface area contributed by atoms with Gasteiger partial charge in [-0.3, -0.25) is 4.68 Å². The average molecular weight is 300 g/mol. The average Bonchev–Trinajstić information content (AvgIpc) is 2.86. The largest absolute Gasteiger partial charge is 0.316 e. The van der Waals surface area contributed by atoms with E-state index in [0.717, 1.165) is 16.9 Å². The van der Waals surface area contributed by atoms with Crippen molar-refractivity contribution in [3.8, 4) is 0 Å². The lowest BCUT2D eigenvalue weighted by Crippen LogP contribution is -2.43. The highest BCUT2D eigenvalue weighted by Crippen LogP contribution is 2.36. The van der Waals surface area contributed by atoms with Gasteiger partial charge < -0.3 is 5.32 Å². The topological polar surface area (TPSA) is 29.9 Å². The zero-order valence-corrected chi connectivity index (χ0v) is 13.8. The van der Waals surface area contributed by atoms with Crippen molar-refractivity contribution in [3.05, 3.63) is 18.0 Å². The van der Waals surface area contributed by atoms with Crippen LogP contribution in [0.1, 0.15) is 25.3 Å². The van der Waals surface area contributed by atoms with Crippen LogP contribution in [0.5, 0.6) is 0 Å². The van der Waals surface area contributed by atoms with Crippen molar-refractivity contribution in [3.63, 3.8) is 0 Å². The fraction of sp³-hybridized carbons (Fsp3) is 0.786. The van der Waals surface area contributed by atoms with Crippen molar-refractivity contribution in [2.75, 3.05) is 18.6 Å². The molecule has 0 aromatic carbocycles. The minimum atomic E-state index is 0.614. The smallest absolute Gasteiger partial charge is 0.0521 e. The minimum absolute atomic E-state index is 0.614. The van der Waals surface area contributed by atoms with Crippen LogP contribution < -0.4 is 5.32 Å². The summed E-state index contributed by atoms with van der Waals surface area (Å²) in [5.41, 5.74) is 1.35. The number of hydrogen-bond donors (Lipinski definition) is 1. The number of aryl methyl sites for hydroxylation is 2. The molecule has 108 valence electrons. The summed E-state index contributed by atoms with van der Waals surface area (Å²) in [6, 6.07) is 0.614. The highest BCUT2D eigenvalue weighted by Gasteiger charge is 2.30. The third kappa shape index (κ3) is 4.17. The van der Waals surface area contributed by atoms with Gasteiger partial charge in [0.25, 0.3) is 0 Å². The lowest BCUT2D eigenvalue weighted by molar-refractivity contribution is 0.488. The molecule has 0 radical (unpaired) electrons. The lowest BCUT2D eigenvalue weighted by atomic mass is 10.0. The molecule has 0 bridgehead atoms. The highest BCUT2D eigenvalue weighted by atomic mass is 32.2. The Morgan fingerprint density at radius 3 is 2.89 bits per heavy atom. The number of hydrogen-bond acceptors (Lipinski definition) is 4. The summed E-state index contributed by atoms with van der Waals surface area (Å²) in [6.07, 6.45) is 7.74. The predicted molar refractivity (Wildman–Crippen MR) is 87.2 cm³/mol. The number of nitrogens with one attached hydrogen (secondary N) is 1. The second-order valence-electron chi connectivity index (χ2n) is 5.11. The third-order valence-corrected chi connectivity index (χ3v) is 7.17. The van der Waals surface area contributed by atoms with E-state index >= 15 is 0 Å². The van der Waals surface area contributed by atoms with Crippen LogP contribution in [0.25, 0.3) is 0 Å². The molecule has 1 aliphatic rings. The van der Waals surface area contributed by atoms with Crippen LogP contribution in [-0.2, 0) is 13.5 Å². The molecule has 0 aliphatic carbocycles. The van der Waals surface area contributed by atoms with Gasteiger partial charge in [0.15, 0.2) is 0 Å². The number of rotatable bonds is 6. The maximum atomic E-state index is 4.25. The molecule has 1 N–H and O–H groups in total. The number of aromatic nitrogens is 2. The fourth-order valence-corrected chi connectivity index (χ4v) is 6.05. The van der Waals surface area contributed by atoms with E-state index in [-0.39, 0.29) is 0 Å². The molecule has 19 heavy (non-hydrogen) atoms. The summed E-state index contributed by atoms with van der Waals surface area (Å²) in [5, 5.41) is 9.37. The molecule has 3 unspecified atom stereocenters. The van der Waals surface area contributed by atoms with E-state index in [9.17, 15) is 0 Å². The van der Waals surface area contributed by atoms with Crippen LogP contribution in [-0.4, -0.2) is 44.9 Å². The molecule has 0 amide bonds. The van der Waals surface area contributed by atoms with E-state index < -0.39 is 0 Å². The molecule has 1 aromatic rings. The van der Waals surface area contributed by atoms with Crippen molar-refractivity contribution in [2.45, 2.75) is 42.7 Å². The molecule has 3 nitrogen and oxygen atoms in total. The van der Waals surface area contributed by atoms with Crippen molar-refractivity contribution in [1.82, 2.24) is 15.1 Å². The van der Waals surface area contributed by atoms with Crippen LogP contribution in [0.4, 0.5) is 0 Å². The fourth-order valence-electron chi connectivity index (χ4n) is 2.71. The van der Waals surface area contributed by atoms with E-state index in [0.29, 0.717) is 6.04 Å². The maximum Gasteiger partial charge on any atom is 0.0521 e. The van der Waals surface area contributed by atoms with Gasteiger partial charge in [-0.15, -0.1) is 0 Å². The second kappa shape index (κ2) is 7.60. The molecule has 2 heterocycles. The van der Waals surface area contributed by atoms with Crippen LogP contribution in [0.3, 0.4) is 0 Å². The predicted octanol–water partition coefficient (Wildman–Crippen LogP) is 2.57. The zero-order chi connectivity index (χ0) is 13.7. The van der Waals surface area contributed by atoms with Gasteiger partial charge in [0, 0.05) is 41.3 Å². The zero-order valence-electron chi connectivity index (χ0n) is 12.1. The maximum absolute atomic E-state index is 4.25. The van der Waals surface area contributed by atoms with Crippen molar-refractivity contribution < 1.29 is 0 Å². The second-order valence-corrected chi connectivity index (χ2v) is 7.74. The summed E-state index contributed by atoms with van der Waals surface area (Å²) >= 11 is 4.33. The SMILES string of the molecule is CCC1SCCSC1C(CCc1cnn(C)c1)NC. The first kappa shape index (κ1) is 15.3. The normalized spacial score (nSPS) is 25.4. The van der Waals surface area contributed by atoms with Gasteiger partial charge in [0.2, 0.25) is 0 Å². The Kier molecular flexibility index (Phi) is 6.10.